The molecule has 34 heavy (non-hydrogen) atoms. The van der Waals surface area contributed by atoms with Crippen molar-refractivity contribution in [2.24, 2.45) is 0 Å². The maximum atomic E-state index is 13.7. The van der Waals surface area contributed by atoms with Crippen LogP contribution in [-0.2, 0) is 6.54 Å². The van der Waals surface area contributed by atoms with E-state index in [1.54, 1.807) is 5.38 Å². The Kier molecular flexibility index (Phi) is 6.61. The van der Waals surface area contributed by atoms with E-state index in [4.69, 9.17) is 11.6 Å². The fourth-order valence-electron chi connectivity index (χ4n) is 4.56. The number of aromatic nitrogens is 1. The summed E-state index contributed by atoms with van der Waals surface area (Å²) in [6.45, 7) is 1.85. The van der Waals surface area contributed by atoms with E-state index in [0.29, 0.717) is 47.9 Å². The molecule has 1 N–H and O–H groups in total. The Balaban J connectivity index is 1.45. The van der Waals surface area contributed by atoms with Gasteiger partial charge in [-0.25, -0.2) is 4.98 Å². The third-order valence-corrected chi connectivity index (χ3v) is 7.67. The zero-order valence-electron chi connectivity index (χ0n) is 18.5. The highest BCUT2D eigenvalue weighted by Gasteiger charge is 2.29. The molecule has 4 aromatic rings. The van der Waals surface area contributed by atoms with Gasteiger partial charge in [0, 0.05) is 25.0 Å². The zero-order chi connectivity index (χ0) is 23.5. The molecule has 0 atom stereocenters. The number of carbonyl (C=O) groups excluding carboxylic acids is 2. The van der Waals surface area contributed by atoms with Crippen LogP contribution in [0.15, 0.2) is 66.0 Å². The standard InChI is InChI=1S/C27H24ClN3O2S/c28-26-22(27(33)31-13-11-20(12-14-31)19-9-5-2-6-10-19)24(29-15-18-7-3-1-4-8-18)25-23(30-26)21(16-32)17-34-25/h1-10,16-17,20H,11-15H2,(H,29,30). The van der Waals surface area contributed by atoms with Gasteiger partial charge in [0.05, 0.1) is 21.5 Å². The molecule has 1 fully saturated rings. The minimum absolute atomic E-state index is 0.123. The number of hydrogen-bond acceptors (Lipinski definition) is 5. The molecule has 7 heteroatoms. The maximum absolute atomic E-state index is 13.7. The molecule has 3 heterocycles. The van der Waals surface area contributed by atoms with Crippen LogP contribution in [0.3, 0.4) is 0 Å². The Morgan fingerprint density at radius 1 is 1.09 bits per heavy atom. The predicted molar refractivity (Wildman–Crippen MR) is 138 cm³/mol. The number of carbonyl (C=O) groups is 2. The third kappa shape index (κ3) is 4.43. The van der Waals surface area contributed by atoms with Crippen LogP contribution >= 0.6 is 22.9 Å². The highest BCUT2D eigenvalue weighted by molar-refractivity contribution is 7.18. The Morgan fingerprint density at radius 2 is 1.76 bits per heavy atom. The fourth-order valence-corrected chi connectivity index (χ4v) is 5.80. The van der Waals surface area contributed by atoms with Gasteiger partial charge in [-0.05, 0) is 29.9 Å². The van der Waals surface area contributed by atoms with E-state index >= 15 is 0 Å². The molecular weight excluding hydrogens is 466 g/mol. The zero-order valence-corrected chi connectivity index (χ0v) is 20.1. The van der Waals surface area contributed by atoms with Crippen molar-refractivity contribution in [3.8, 4) is 0 Å². The first-order valence-electron chi connectivity index (χ1n) is 11.3. The monoisotopic (exact) mass is 489 g/mol. The van der Waals surface area contributed by atoms with Crippen molar-refractivity contribution in [1.29, 1.82) is 0 Å². The lowest BCUT2D eigenvalue weighted by atomic mass is 9.89. The summed E-state index contributed by atoms with van der Waals surface area (Å²) in [5.41, 5.74) is 4.43. The lowest BCUT2D eigenvalue weighted by molar-refractivity contribution is 0.0714. The van der Waals surface area contributed by atoms with Crippen molar-refractivity contribution < 1.29 is 9.59 Å². The van der Waals surface area contributed by atoms with Gasteiger partial charge < -0.3 is 10.2 Å². The summed E-state index contributed by atoms with van der Waals surface area (Å²) >= 11 is 8.00. The topological polar surface area (TPSA) is 62.3 Å². The van der Waals surface area contributed by atoms with Crippen LogP contribution in [0.25, 0.3) is 10.2 Å². The summed E-state index contributed by atoms with van der Waals surface area (Å²) in [5, 5.41) is 5.31. The highest BCUT2D eigenvalue weighted by Crippen LogP contribution is 2.38. The van der Waals surface area contributed by atoms with E-state index in [2.05, 4.69) is 34.6 Å². The van der Waals surface area contributed by atoms with E-state index in [1.807, 2.05) is 41.3 Å². The number of likely N-dealkylation sites (tertiary alicyclic amines) is 1. The maximum Gasteiger partial charge on any atom is 0.259 e. The largest absolute Gasteiger partial charge is 0.379 e. The van der Waals surface area contributed by atoms with Crippen LogP contribution in [0.1, 0.15) is 50.6 Å². The number of anilines is 1. The molecule has 2 aromatic heterocycles. The van der Waals surface area contributed by atoms with E-state index in [0.717, 1.165) is 29.4 Å². The number of thiophene rings is 1. The molecule has 1 saturated heterocycles. The molecule has 0 unspecified atom stereocenters. The summed E-state index contributed by atoms with van der Waals surface area (Å²) < 4.78 is 0.768. The van der Waals surface area contributed by atoms with Crippen LogP contribution in [0, 0.1) is 0 Å². The summed E-state index contributed by atoms with van der Waals surface area (Å²) in [6, 6.07) is 20.4. The number of aldehydes is 1. The number of pyridine rings is 1. The van der Waals surface area contributed by atoms with Crippen LogP contribution in [0.5, 0.6) is 0 Å². The van der Waals surface area contributed by atoms with Crippen molar-refractivity contribution in [1.82, 2.24) is 9.88 Å². The molecule has 172 valence electrons. The number of piperidine rings is 1. The van der Waals surface area contributed by atoms with Gasteiger partial charge in [0.15, 0.2) is 6.29 Å². The van der Waals surface area contributed by atoms with Crippen molar-refractivity contribution in [2.75, 3.05) is 18.4 Å². The smallest absolute Gasteiger partial charge is 0.259 e. The average molecular weight is 490 g/mol. The van der Waals surface area contributed by atoms with Gasteiger partial charge >= 0.3 is 0 Å². The average Bonchev–Trinajstić information content (AvgIpc) is 3.30. The Hall–Kier alpha value is -3.22. The van der Waals surface area contributed by atoms with Gasteiger partial charge in [-0.1, -0.05) is 72.3 Å². The number of fused-ring (bicyclic) bond motifs is 1. The number of benzene rings is 2. The lowest BCUT2D eigenvalue weighted by Crippen LogP contribution is -2.38. The first-order chi connectivity index (χ1) is 16.7. The Bertz CT molecular complexity index is 1320. The molecular formula is C27H24ClN3O2S. The second-order valence-corrected chi connectivity index (χ2v) is 9.69. The van der Waals surface area contributed by atoms with Crippen molar-refractivity contribution in [3.63, 3.8) is 0 Å². The van der Waals surface area contributed by atoms with Crippen molar-refractivity contribution >= 4 is 51.0 Å². The van der Waals surface area contributed by atoms with Gasteiger partial charge in [-0.3, -0.25) is 9.59 Å². The number of nitrogens with one attached hydrogen (secondary N) is 1. The van der Waals surface area contributed by atoms with Gasteiger partial charge in [-0.2, -0.15) is 0 Å². The number of hydrogen-bond donors (Lipinski definition) is 1. The van der Waals surface area contributed by atoms with Crippen molar-refractivity contribution in [3.05, 3.63) is 93.5 Å². The molecule has 0 aliphatic carbocycles. The van der Waals surface area contributed by atoms with Gasteiger partial charge in [0.1, 0.15) is 10.7 Å². The summed E-state index contributed by atoms with van der Waals surface area (Å²) in [5.74, 6) is 0.326. The van der Waals surface area contributed by atoms with E-state index < -0.39 is 0 Å². The minimum atomic E-state index is -0.123. The normalized spacial score (nSPS) is 14.3. The molecule has 5 nitrogen and oxygen atoms in total. The highest BCUT2D eigenvalue weighted by atomic mass is 35.5. The molecule has 0 radical (unpaired) electrons. The molecule has 1 amide bonds. The summed E-state index contributed by atoms with van der Waals surface area (Å²) in [4.78, 5) is 31.6. The molecule has 1 aliphatic heterocycles. The number of halogens is 1. The first-order valence-corrected chi connectivity index (χ1v) is 12.6. The summed E-state index contributed by atoms with van der Waals surface area (Å²) in [7, 11) is 0. The quantitative estimate of drug-likeness (QED) is 0.251. The van der Waals surface area contributed by atoms with Gasteiger partial charge in [-0.15, -0.1) is 11.3 Å². The minimum Gasteiger partial charge on any atom is -0.379 e. The second-order valence-electron chi connectivity index (χ2n) is 8.46. The first kappa shape index (κ1) is 22.6. The van der Waals surface area contributed by atoms with Crippen LogP contribution < -0.4 is 5.32 Å². The van der Waals surface area contributed by atoms with Crippen LogP contribution in [0.4, 0.5) is 5.69 Å². The number of nitrogens with zero attached hydrogens (tertiary/aromatic N) is 2. The Morgan fingerprint density at radius 3 is 2.44 bits per heavy atom. The van der Waals surface area contributed by atoms with Crippen LogP contribution in [0.2, 0.25) is 5.15 Å². The Labute approximate surface area is 207 Å². The van der Waals surface area contributed by atoms with Gasteiger partial charge in [0.25, 0.3) is 5.91 Å². The van der Waals surface area contributed by atoms with Crippen LogP contribution in [-0.4, -0.2) is 35.2 Å². The molecule has 1 aliphatic rings. The van der Waals surface area contributed by atoms with E-state index in [1.165, 1.54) is 16.9 Å². The molecule has 0 saturated carbocycles. The van der Waals surface area contributed by atoms with E-state index in [9.17, 15) is 9.59 Å². The third-order valence-electron chi connectivity index (χ3n) is 6.39. The van der Waals surface area contributed by atoms with E-state index in [-0.39, 0.29) is 11.1 Å². The number of rotatable bonds is 6. The molecule has 0 bridgehead atoms. The summed E-state index contributed by atoms with van der Waals surface area (Å²) in [6.07, 6.45) is 2.59. The lowest BCUT2D eigenvalue weighted by Gasteiger charge is -2.33. The van der Waals surface area contributed by atoms with Gasteiger partial charge in [0.2, 0.25) is 0 Å². The fraction of sp³-hybridized carbons (Fsp3) is 0.222. The molecule has 2 aromatic carbocycles. The van der Waals surface area contributed by atoms with Crippen molar-refractivity contribution in [2.45, 2.75) is 25.3 Å². The molecule has 0 spiro atoms. The predicted octanol–water partition coefficient (Wildman–Crippen LogP) is 6.39. The SMILES string of the molecule is O=Cc1csc2c(NCc3ccccc3)c(C(=O)N3CCC(c4ccccc4)CC3)c(Cl)nc12. The second kappa shape index (κ2) is 9.95. The molecule has 5 rings (SSSR count). The number of amides is 1.